The van der Waals surface area contributed by atoms with Crippen LogP contribution in [0.1, 0.15) is 18.7 Å². The molecule has 0 aliphatic carbocycles. The highest BCUT2D eigenvalue weighted by atomic mass is 35.5. The number of hydrogen-bond acceptors (Lipinski definition) is 3. The number of unbranched alkanes of at least 4 members (excludes halogenated alkanes) is 1. The predicted molar refractivity (Wildman–Crippen MR) is 83.5 cm³/mol. The molecule has 0 fully saturated rings. The maximum absolute atomic E-state index is 6.01. The van der Waals surface area contributed by atoms with E-state index in [0.29, 0.717) is 5.88 Å². The summed E-state index contributed by atoms with van der Waals surface area (Å²) in [6, 6.07) is 6.01. The van der Waals surface area contributed by atoms with Crippen LogP contribution in [0.5, 0.6) is 5.75 Å². The van der Waals surface area contributed by atoms with Crippen LogP contribution >= 0.6 is 23.4 Å². The molecule has 1 aromatic heterocycles. The van der Waals surface area contributed by atoms with Gasteiger partial charge in [-0.05, 0) is 37.0 Å². The first-order valence-electron chi connectivity index (χ1n) is 6.38. The summed E-state index contributed by atoms with van der Waals surface area (Å²) in [7, 11) is 1.67. The molecule has 19 heavy (non-hydrogen) atoms. The van der Waals surface area contributed by atoms with Crippen molar-refractivity contribution in [2.75, 3.05) is 19.1 Å². The lowest BCUT2D eigenvalue weighted by atomic mass is 10.2. The fourth-order valence-corrected chi connectivity index (χ4v) is 2.90. The maximum atomic E-state index is 6.01. The van der Waals surface area contributed by atoms with Gasteiger partial charge in [0.05, 0.1) is 18.5 Å². The molecule has 0 saturated carbocycles. The Morgan fingerprint density at radius 2 is 2.21 bits per heavy atom. The van der Waals surface area contributed by atoms with Crippen LogP contribution in [-0.2, 0) is 12.4 Å². The average Bonchev–Trinajstić information content (AvgIpc) is 2.81. The third-order valence-electron chi connectivity index (χ3n) is 3.14. The molecular weight excluding hydrogens is 280 g/mol. The fourth-order valence-electron chi connectivity index (χ4n) is 2.20. The monoisotopic (exact) mass is 298 g/mol. The molecule has 0 atom stereocenters. The van der Waals surface area contributed by atoms with E-state index in [1.807, 2.05) is 23.9 Å². The summed E-state index contributed by atoms with van der Waals surface area (Å²) in [5.41, 5.74) is 2.02. The zero-order valence-corrected chi connectivity index (χ0v) is 12.9. The molecule has 0 unspecified atom stereocenters. The summed E-state index contributed by atoms with van der Waals surface area (Å²) < 4.78 is 7.57. The third kappa shape index (κ3) is 3.18. The summed E-state index contributed by atoms with van der Waals surface area (Å²) >= 11 is 7.90. The summed E-state index contributed by atoms with van der Waals surface area (Å²) in [5, 5.41) is 0. The number of thioether (sulfide) groups is 1. The first kappa shape index (κ1) is 14.5. The largest absolute Gasteiger partial charge is 0.494 e. The van der Waals surface area contributed by atoms with Gasteiger partial charge in [0.15, 0.2) is 0 Å². The van der Waals surface area contributed by atoms with Gasteiger partial charge in [-0.2, -0.15) is 11.8 Å². The van der Waals surface area contributed by atoms with Crippen LogP contribution < -0.4 is 4.74 Å². The summed E-state index contributed by atoms with van der Waals surface area (Å²) in [6.07, 6.45) is 4.50. The minimum Gasteiger partial charge on any atom is -0.494 e. The van der Waals surface area contributed by atoms with Crippen molar-refractivity contribution in [2.45, 2.75) is 25.3 Å². The minimum atomic E-state index is 0.431. The molecule has 3 nitrogen and oxygen atoms in total. The second kappa shape index (κ2) is 7.06. The van der Waals surface area contributed by atoms with E-state index < -0.39 is 0 Å². The van der Waals surface area contributed by atoms with E-state index in [1.54, 1.807) is 7.11 Å². The van der Waals surface area contributed by atoms with Gasteiger partial charge in [-0.15, -0.1) is 11.6 Å². The number of imidazole rings is 1. The van der Waals surface area contributed by atoms with Crippen LogP contribution in [0.15, 0.2) is 18.2 Å². The van der Waals surface area contributed by atoms with E-state index in [1.165, 1.54) is 12.2 Å². The van der Waals surface area contributed by atoms with E-state index in [-0.39, 0.29) is 0 Å². The molecular formula is C14H19ClN2OS. The van der Waals surface area contributed by atoms with E-state index >= 15 is 0 Å². The van der Waals surface area contributed by atoms with Crippen LogP contribution in [0.25, 0.3) is 11.0 Å². The molecule has 0 amide bonds. The third-order valence-corrected chi connectivity index (χ3v) is 4.08. The zero-order chi connectivity index (χ0) is 13.7. The molecule has 5 heteroatoms. The molecule has 0 spiro atoms. The fraction of sp³-hybridized carbons (Fsp3) is 0.500. The molecule has 0 aliphatic rings. The van der Waals surface area contributed by atoms with Crippen LogP contribution in [0.4, 0.5) is 0 Å². The average molecular weight is 299 g/mol. The van der Waals surface area contributed by atoms with Crippen molar-refractivity contribution in [3.8, 4) is 5.75 Å². The smallest absolute Gasteiger partial charge is 0.146 e. The Hall–Kier alpha value is -0.870. The van der Waals surface area contributed by atoms with Crippen molar-refractivity contribution in [2.24, 2.45) is 0 Å². The number of ether oxygens (including phenoxy) is 1. The zero-order valence-electron chi connectivity index (χ0n) is 11.4. The number of nitrogens with zero attached hydrogens (tertiary/aromatic N) is 2. The highest BCUT2D eigenvalue weighted by molar-refractivity contribution is 7.98. The molecule has 0 aliphatic heterocycles. The van der Waals surface area contributed by atoms with Crippen molar-refractivity contribution in [3.05, 3.63) is 24.0 Å². The topological polar surface area (TPSA) is 27.1 Å². The summed E-state index contributed by atoms with van der Waals surface area (Å²) in [6.45, 7) is 0.965. The van der Waals surface area contributed by atoms with Gasteiger partial charge in [0.25, 0.3) is 0 Å². The van der Waals surface area contributed by atoms with Gasteiger partial charge >= 0.3 is 0 Å². The Morgan fingerprint density at radius 1 is 1.37 bits per heavy atom. The lowest BCUT2D eigenvalue weighted by Crippen LogP contribution is -2.02. The van der Waals surface area contributed by atoms with Crippen LogP contribution in [0, 0.1) is 0 Å². The first-order chi connectivity index (χ1) is 9.31. The number of aryl methyl sites for hydroxylation is 1. The van der Waals surface area contributed by atoms with Gasteiger partial charge < -0.3 is 9.30 Å². The quantitative estimate of drug-likeness (QED) is 0.572. The van der Waals surface area contributed by atoms with Crippen LogP contribution in [0.3, 0.4) is 0 Å². The maximum Gasteiger partial charge on any atom is 0.146 e. The van der Waals surface area contributed by atoms with Crippen LogP contribution in [-0.4, -0.2) is 28.7 Å². The molecule has 0 bridgehead atoms. The summed E-state index contributed by atoms with van der Waals surface area (Å²) in [5.74, 6) is 3.36. The second-order valence-corrected chi connectivity index (χ2v) is 5.59. The number of para-hydroxylation sites is 1. The number of fused-ring (bicyclic) bond motifs is 1. The number of halogens is 1. The van der Waals surface area contributed by atoms with Gasteiger partial charge in [0.2, 0.25) is 0 Å². The summed E-state index contributed by atoms with van der Waals surface area (Å²) in [4.78, 5) is 4.60. The Bertz CT molecular complexity index is 541. The Kier molecular flexibility index (Phi) is 5.40. The molecule has 1 heterocycles. The standard InChI is InChI=1S/C14H19ClN2OS/c1-18-12-7-5-6-11-14(12)16-13(10-15)17(11)8-3-4-9-19-2/h5-7H,3-4,8-10H2,1-2H3. The number of rotatable bonds is 7. The minimum absolute atomic E-state index is 0.431. The normalized spacial score (nSPS) is 11.1. The molecule has 1 aromatic carbocycles. The van der Waals surface area contributed by atoms with Crippen molar-refractivity contribution < 1.29 is 4.74 Å². The van der Waals surface area contributed by atoms with E-state index in [0.717, 1.165) is 35.6 Å². The molecule has 0 radical (unpaired) electrons. The highest BCUT2D eigenvalue weighted by Gasteiger charge is 2.12. The highest BCUT2D eigenvalue weighted by Crippen LogP contribution is 2.26. The lowest BCUT2D eigenvalue weighted by molar-refractivity contribution is 0.419. The number of benzene rings is 1. The van der Waals surface area contributed by atoms with Gasteiger partial charge in [-0.1, -0.05) is 6.07 Å². The first-order valence-corrected chi connectivity index (χ1v) is 8.31. The van der Waals surface area contributed by atoms with Gasteiger partial charge in [-0.25, -0.2) is 4.98 Å². The van der Waals surface area contributed by atoms with Crippen molar-refractivity contribution >= 4 is 34.4 Å². The van der Waals surface area contributed by atoms with Gasteiger partial charge in [-0.3, -0.25) is 0 Å². The lowest BCUT2D eigenvalue weighted by Gasteiger charge is -2.07. The van der Waals surface area contributed by atoms with E-state index in [4.69, 9.17) is 16.3 Å². The van der Waals surface area contributed by atoms with Gasteiger partial charge in [0.1, 0.15) is 17.1 Å². The van der Waals surface area contributed by atoms with Crippen molar-refractivity contribution in [1.29, 1.82) is 0 Å². The Labute approximate surface area is 123 Å². The van der Waals surface area contributed by atoms with E-state index in [9.17, 15) is 0 Å². The number of methoxy groups -OCH3 is 1. The van der Waals surface area contributed by atoms with Crippen LogP contribution in [0.2, 0.25) is 0 Å². The number of aromatic nitrogens is 2. The van der Waals surface area contributed by atoms with Crippen molar-refractivity contribution in [1.82, 2.24) is 9.55 Å². The Balaban J connectivity index is 2.30. The number of hydrogen-bond donors (Lipinski definition) is 0. The number of alkyl halides is 1. The van der Waals surface area contributed by atoms with E-state index in [2.05, 4.69) is 21.9 Å². The molecule has 0 saturated heterocycles. The predicted octanol–water partition coefficient (Wildman–Crippen LogP) is 3.93. The molecule has 104 valence electrons. The van der Waals surface area contributed by atoms with Gasteiger partial charge in [0, 0.05) is 6.54 Å². The SMILES string of the molecule is COc1cccc2c1nc(CCl)n2CCCCSC. The molecule has 0 N–H and O–H groups in total. The second-order valence-electron chi connectivity index (χ2n) is 4.34. The molecule has 2 aromatic rings. The Morgan fingerprint density at radius 3 is 2.89 bits per heavy atom. The van der Waals surface area contributed by atoms with Crippen molar-refractivity contribution in [3.63, 3.8) is 0 Å². The molecule has 2 rings (SSSR count).